The van der Waals surface area contributed by atoms with Crippen LogP contribution in [0.25, 0.3) is 5.82 Å². The van der Waals surface area contributed by atoms with Crippen molar-refractivity contribution >= 4 is 5.91 Å². The molecular formula is C14H19N5O2. The molecule has 0 radical (unpaired) electrons. The second-order valence-corrected chi connectivity index (χ2v) is 5.54. The summed E-state index contributed by atoms with van der Waals surface area (Å²) >= 11 is 0. The fourth-order valence-corrected chi connectivity index (χ4v) is 1.66. The van der Waals surface area contributed by atoms with E-state index in [2.05, 4.69) is 20.3 Å². The topological polar surface area (TPSA) is 92.9 Å². The third-order valence-electron chi connectivity index (χ3n) is 3.57. The van der Waals surface area contributed by atoms with Gasteiger partial charge in [-0.05, 0) is 6.92 Å². The molecule has 1 unspecified atom stereocenters. The lowest BCUT2D eigenvalue weighted by Crippen LogP contribution is -2.45. The van der Waals surface area contributed by atoms with Crippen LogP contribution in [0.4, 0.5) is 0 Å². The lowest BCUT2D eigenvalue weighted by Gasteiger charge is -2.30. The minimum atomic E-state index is -0.424. The van der Waals surface area contributed by atoms with Gasteiger partial charge < -0.3 is 10.4 Å². The molecule has 0 saturated carbocycles. The number of carbonyl (C=O) groups excluding carboxylic acids is 1. The monoisotopic (exact) mass is 289 g/mol. The number of nitrogens with zero attached hydrogens (tertiary/aromatic N) is 4. The van der Waals surface area contributed by atoms with Gasteiger partial charge in [0.15, 0.2) is 11.5 Å². The highest BCUT2D eigenvalue weighted by atomic mass is 16.3. The average molecular weight is 289 g/mol. The maximum atomic E-state index is 12.4. The summed E-state index contributed by atoms with van der Waals surface area (Å²) in [6, 6.07) is -0.215. The normalized spacial score (nSPS) is 13.0. The lowest BCUT2D eigenvalue weighted by atomic mass is 9.86. The van der Waals surface area contributed by atoms with E-state index in [1.807, 2.05) is 20.8 Å². The standard InChI is InChI=1S/C14H19N5O2/c1-10(14(2,3)8-20)18-13(21)11-12(17-5-4-16-11)19-7-6-15-9-19/h4-7,9-10,20H,8H2,1-3H3,(H,18,21). The van der Waals surface area contributed by atoms with E-state index in [0.29, 0.717) is 5.82 Å². The molecule has 1 amide bonds. The van der Waals surface area contributed by atoms with Crippen molar-refractivity contribution in [3.05, 3.63) is 36.8 Å². The van der Waals surface area contributed by atoms with Crippen molar-refractivity contribution in [1.29, 1.82) is 0 Å². The summed E-state index contributed by atoms with van der Waals surface area (Å²) in [5.74, 6) is 0.0855. The molecule has 0 aliphatic rings. The van der Waals surface area contributed by atoms with E-state index < -0.39 is 5.41 Å². The number of aliphatic hydroxyl groups is 1. The molecule has 7 nitrogen and oxygen atoms in total. The summed E-state index contributed by atoms with van der Waals surface area (Å²) in [6.07, 6.45) is 7.85. The zero-order valence-corrected chi connectivity index (χ0v) is 12.3. The number of hydrogen-bond donors (Lipinski definition) is 2. The van der Waals surface area contributed by atoms with Gasteiger partial charge >= 0.3 is 0 Å². The van der Waals surface area contributed by atoms with Gasteiger partial charge in [0.1, 0.15) is 6.33 Å². The van der Waals surface area contributed by atoms with Gasteiger partial charge in [0, 0.05) is 36.2 Å². The van der Waals surface area contributed by atoms with Crippen LogP contribution in [0.3, 0.4) is 0 Å². The fourth-order valence-electron chi connectivity index (χ4n) is 1.66. The molecule has 21 heavy (non-hydrogen) atoms. The molecule has 0 aliphatic heterocycles. The Bertz CT molecular complexity index is 610. The van der Waals surface area contributed by atoms with Crippen LogP contribution in [0.5, 0.6) is 0 Å². The SMILES string of the molecule is CC(NC(=O)c1nccnc1-n1ccnc1)C(C)(C)CO. The Hall–Kier alpha value is -2.28. The summed E-state index contributed by atoms with van der Waals surface area (Å²) in [5.41, 5.74) is -0.205. The molecule has 1 atom stereocenters. The lowest BCUT2D eigenvalue weighted by molar-refractivity contribution is 0.0829. The molecule has 2 N–H and O–H groups in total. The van der Waals surface area contributed by atoms with E-state index >= 15 is 0 Å². The second kappa shape index (κ2) is 6.01. The smallest absolute Gasteiger partial charge is 0.273 e. The highest BCUT2D eigenvalue weighted by Crippen LogP contribution is 2.19. The van der Waals surface area contributed by atoms with Gasteiger partial charge in [-0.15, -0.1) is 0 Å². The van der Waals surface area contributed by atoms with Crippen molar-refractivity contribution in [1.82, 2.24) is 24.8 Å². The summed E-state index contributed by atoms with van der Waals surface area (Å²) in [5, 5.41) is 12.2. The van der Waals surface area contributed by atoms with Gasteiger partial charge in [0.05, 0.1) is 6.61 Å². The average Bonchev–Trinajstić information content (AvgIpc) is 3.01. The number of carbonyl (C=O) groups is 1. The molecule has 2 aromatic rings. The minimum absolute atomic E-state index is 0.0245. The number of rotatable bonds is 5. The van der Waals surface area contributed by atoms with Crippen molar-refractivity contribution in [2.45, 2.75) is 26.8 Å². The number of imidazole rings is 1. The zero-order chi connectivity index (χ0) is 15.5. The first kappa shape index (κ1) is 15.1. The molecule has 0 spiro atoms. The summed E-state index contributed by atoms with van der Waals surface area (Å²) in [4.78, 5) is 24.6. The van der Waals surface area contributed by atoms with Gasteiger partial charge in [0.2, 0.25) is 0 Å². The maximum absolute atomic E-state index is 12.4. The van der Waals surface area contributed by atoms with Crippen molar-refractivity contribution in [3.8, 4) is 5.82 Å². The molecule has 0 bridgehead atoms. The Morgan fingerprint density at radius 1 is 1.38 bits per heavy atom. The van der Waals surface area contributed by atoms with E-state index in [1.54, 1.807) is 23.3 Å². The predicted molar refractivity (Wildman–Crippen MR) is 76.9 cm³/mol. The van der Waals surface area contributed by atoms with Gasteiger partial charge in [-0.2, -0.15) is 0 Å². The van der Waals surface area contributed by atoms with Gasteiger partial charge in [-0.25, -0.2) is 15.0 Å². The quantitative estimate of drug-likeness (QED) is 0.849. The Labute approximate surface area is 123 Å². The molecule has 0 aromatic carbocycles. The van der Waals surface area contributed by atoms with Crippen molar-refractivity contribution in [2.24, 2.45) is 5.41 Å². The van der Waals surface area contributed by atoms with Crippen LogP contribution in [0, 0.1) is 5.41 Å². The van der Waals surface area contributed by atoms with E-state index in [1.165, 1.54) is 12.4 Å². The third kappa shape index (κ3) is 3.25. The molecule has 7 heteroatoms. The number of hydrogen-bond acceptors (Lipinski definition) is 5. The first-order valence-corrected chi connectivity index (χ1v) is 6.67. The molecule has 2 heterocycles. The minimum Gasteiger partial charge on any atom is -0.396 e. The first-order valence-electron chi connectivity index (χ1n) is 6.67. The van der Waals surface area contributed by atoms with E-state index in [4.69, 9.17) is 0 Å². The van der Waals surface area contributed by atoms with Gasteiger partial charge in [0.25, 0.3) is 5.91 Å². The van der Waals surface area contributed by atoms with Crippen LogP contribution < -0.4 is 5.32 Å². The maximum Gasteiger partial charge on any atom is 0.273 e. The first-order chi connectivity index (χ1) is 9.95. The summed E-state index contributed by atoms with van der Waals surface area (Å²) in [7, 11) is 0. The van der Waals surface area contributed by atoms with E-state index in [9.17, 15) is 9.90 Å². The van der Waals surface area contributed by atoms with E-state index in [0.717, 1.165) is 0 Å². The molecule has 112 valence electrons. The Morgan fingerprint density at radius 2 is 2.10 bits per heavy atom. The van der Waals surface area contributed by atoms with E-state index in [-0.39, 0.29) is 24.2 Å². The highest BCUT2D eigenvalue weighted by molar-refractivity contribution is 5.95. The van der Waals surface area contributed by atoms with Crippen molar-refractivity contribution < 1.29 is 9.90 Å². The highest BCUT2D eigenvalue weighted by Gasteiger charge is 2.28. The zero-order valence-electron chi connectivity index (χ0n) is 12.3. The number of aliphatic hydroxyl groups excluding tert-OH is 1. The summed E-state index contributed by atoms with van der Waals surface area (Å²) < 4.78 is 1.63. The number of aromatic nitrogens is 4. The molecule has 0 saturated heterocycles. The molecule has 0 fully saturated rings. The second-order valence-electron chi connectivity index (χ2n) is 5.54. The van der Waals surface area contributed by atoms with Crippen LogP contribution in [0.2, 0.25) is 0 Å². The summed E-state index contributed by atoms with van der Waals surface area (Å²) in [6.45, 7) is 5.58. The van der Waals surface area contributed by atoms with Crippen LogP contribution in [0.1, 0.15) is 31.3 Å². The number of amides is 1. The van der Waals surface area contributed by atoms with Gasteiger partial charge in [-0.3, -0.25) is 9.36 Å². The molecule has 2 rings (SSSR count). The largest absolute Gasteiger partial charge is 0.396 e. The van der Waals surface area contributed by atoms with Crippen LogP contribution >= 0.6 is 0 Å². The van der Waals surface area contributed by atoms with Crippen LogP contribution in [-0.4, -0.2) is 43.2 Å². The molecule has 0 aliphatic carbocycles. The predicted octanol–water partition coefficient (Wildman–Crippen LogP) is 0.799. The fraction of sp³-hybridized carbons (Fsp3) is 0.429. The third-order valence-corrected chi connectivity index (χ3v) is 3.57. The van der Waals surface area contributed by atoms with Gasteiger partial charge in [-0.1, -0.05) is 13.8 Å². The van der Waals surface area contributed by atoms with Crippen LogP contribution in [-0.2, 0) is 0 Å². The van der Waals surface area contributed by atoms with Crippen molar-refractivity contribution in [2.75, 3.05) is 6.61 Å². The van der Waals surface area contributed by atoms with Crippen LogP contribution in [0.15, 0.2) is 31.1 Å². The Kier molecular flexibility index (Phi) is 4.32. The molecular weight excluding hydrogens is 270 g/mol. The van der Waals surface area contributed by atoms with Crippen molar-refractivity contribution in [3.63, 3.8) is 0 Å². The number of nitrogens with one attached hydrogen (secondary N) is 1. The Balaban J connectivity index is 2.25. The molecule has 2 aromatic heterocycles. The Morgan fingerprint density at radius 3 is 2.71 bits per heavy atom.